The Morgan fingerprint density at radius 3 is 2.32 bits per heavy atom. The van der Waals surface area contributed by atoms with E-state index in [0.717, 1.165) is 12.1 Å². The van der Waals surface area contributed by atoms with Gasteiger partial charge in [-0.05, 0) is 54.5 Å². The smallest absolute Gasteiger partial charge is 0.175 e. The second kappa shape index (κ2) is 6.29. The van der Waals surface area contributed by atoms with Crippen LogP contribution in [0.4, 0.5) is 15.8 Å². The molecule has 0 bridgehead atoms. The van der Waals surface area contributed by atoms with Gasteiger partial charge in [-0.1, -0.05) is 25.1 Å². The van der Waals surface area contributed by atoms with Crippen molar-refractivity contribution < 1.29 is 4.39 Å². The van der Waals surface area contributed by atoms with E-state index in [-0.39, 0.29) is 5.82 Å². The van der Waals surface area contributed by atoms with Gasteiger partial charge in [0.25, 0.3) is 0 Å². The first-order valence-electron chi connectivity index (χ1n) is 6.10. The lowest BCUT2D eigenvalue weighted by atomic mass is 10.1. The molecule has 0 aliphatic rings. The van der Waals surface area contributed by atoms with Crippen molar-refractivity contribution in [2.75, 3.05) is 10.6 Å². The fourth-order valence-electron chi connectivity index (χ4n) is 1.73. The Hall–Kier alpha value is -1.94. The average molecular weight is 274 g/mol. The predicted molar refractivity (Wildman–Crippen MR) is 82.1 cm³/mol. The molecule has 0 radical (unpaired) electrons. The molecule has 0 spiro atoms. The number of anilines is 2. The highest BCUT2D eigenvalue weighted by molar-refractivity contribution is 7.80. The van der Waals surface area contributed by atoms with Crippen LogP contribution in [0.15, 0.2) is 48.5 Å². The van der Waals surface area contributed by atoms with Crippen molar-refractivity contribution in [1.82, 2.24) is 0 Å². The van der Waals surface area contributed by atoms with E-state index in [4.69, 9.17) is 12.2 Å². The van der Waals surface area contributed by atoms with Crippen LogP contribution in [0.1, 0.15) is 12.5 Å². The molecule has 0 aliphatic carbocycles. The summed E-state index contributed by atoms with van der Waals surface area (Å²) in [5.74, 6) is -0.291. The Morgan fingerprint density at radius 1 is 1.05 bits per heavy atom. The lowest BCUT2D eigenvalue weighted by Crippen LogP contribution is -2.19. The van der Waals surface area contributed by atoms with Gasteiger partial charge in [-0.3, -0.25) is 0 Å². The molecule has 0 fully saturated rings. The van der Waals surface area contributed by atoms with Gasteiger partial charge in [-0.25, -0.2) is 4.39 Å². The van der Waals surface area contributed by atoms with Crippen molar-refractivity contribution >= 4 is 28.7 Å². The molecular formula is C15H15FN2S. The number of hydrogen-bond donors (Lipinski definition) is 2. The molecule has 0 heterocycles. The van der Waals surface area contributed by atoms with Gasteiger partial charge < -0.3 is 10.6 Å². The molecule has 0 saturated heterocycles. The third-order valence-electron chi connectivity index (χ3n) is 2.68. The molecule has 0 amide bonds. The van der Waals surface area contributed by atoms with Gasteiger partial charge in [-0.15, -0.1) is 0 Å². The van der Waals surface area contributed by atoms with Crippen LogP contribution in [0, 0.1) is 5.82 Å². The zero-order valence-corrected chi connectivity index (χ0v) is 11.4. The van der Waals surface area contributed by atoms with Gasteiger partial charge in [0, 0.05) is 11.4 Å². The Balaban J connectivity index is 2.01. The Bertz CT molecular complexity index is 584. The monoisotopic (exact) mass is 274 g/mol. The lowest BCUT2D eigenvalue weighted by Gasteiger charge is -2.11. The normalized spacial score (nSPS) is 10.0. The van der Waals surface area contributed by atoms with E-state index in [0.29, 0.717) is 10.8 Å². The van der Waals surface area contributed by atoms with E-state index in [9.17, 15) is 4.39 Å². The summed E-state index contributed by atoms with van der Waals surface area (Å²) in [4.78, 5) is 0. The van der Waals surface area contributed by atoms with Gasteiger partial charge in [0.1, 0.15) is 5.82 Å². The summed E-state index contributed by atoms with van der Waals surface area (Å²) in [5, 5.41) is 6.47. The third-order valence-corrected chi connectivity index (χ3v) is 2.88. The van der Waals surface area contributed by atoms with Gasteiger partial charge in [0.05, 0.1) is 0 Å². The molecule has 2 N–H and O–H groups in total. The number of aryl methyl sites for hydroxylation is 1. The van der Waals surface area contributed by atoms with Gasteiger partial charge in [-0.2, -0.15) is 0 Å². The molecule has 0 saturated carbocycles. The highest BCUT2D eigenvalue weighted by Gasteiger charge is 2.00. The maximum Gasteiger partial charge on any atom is 0.175 e. The number of rotatable bonds is 3. The summed E-state index contributed by atoms with van der Waals surface area (Å²) < 4.78 is 13.0. The summed E-state index contributed by atoms with van der Waals surface area (Å²) in [7, 11) is 0. The minimum atomic E-state index is -0.291. The number of nitrogens with one attached hydrogen (secondary N) is 2. The zero-order chi connectivity index (χ0) is 13.7. The highest BCUT2D eigenvalue weighted by Crippen LogP contribution is 2.13. The number of benzene rings is 2. The zero-order valence-electron chi connectivity index (χ0n) is 10.6. The summed E-state index contributed by atoms with van der Waals surface area (Å²) in [6, 6.07) is 14.2. The van der Waals surface area contributed by atoms with Crippen molar-refractivity contribution in [3.05, 3.63) is 59.9 Å². The van der Waals surface area contributed by atoms with E-state index in [1.165, 1.54) is 17.7 Å². The topological polar surface area (TPSA) is 24.1 Å². The highest BCUT2D eigenvalue weighted by atomic mass is 32.1. The molecule has 98 valence electrons. The standard InChI is InChI=1S/C15H15FN2S/c1-2-11-5-3-7-13(9-11)17-15(19)18-14-8-4-6-12(16)10-14/h3-10H,2H2,1H3,(H2,17,18,19). The second-order valence-electron chi connectivity index (χ2n) is 4.14. The molecule has 2 rings (SSSR count). The van der Waals surface area contributed by atoms with Crippen LogP contribution < -0.4 is 10.6 Å². The second-order valence-corrected chi connectivity index (χ2v) is 4.55. The number of hydrogen-bond acceptors (Lipinski definition) is 1. The van der Waals surface area contributed by atoms with Crippen molar-refractivity contribution in [3.8, 4) is 0 Å². The summed E-state index contributed by atoms with van der Waals surface area (Å²) >= 11 is 5.20. The van der Waals surface area contributed by atoms with Crippen LogP contribution in [0.3, 0.4) is 0 Å². The largest absolute Gasteiger partial charge is 0.332 e. The quantitative estimate of drug-likeness (QED) is 0.820. The molecule has 0 unspecified atom stereocenters. The predicted octanol–water partition coefficient (Wildman–Crippen LogP) is 4.20. The lowest BCUT2D eigenvalue weighted by molar-refractivity contribution is 0.628. The van der Waals surface area contributed by atoms with Crippen LogP contribution >= 0.6 is 12.2 Å². The van der Waals surface area contributed by atoms with Crippen molar-refractivity contribution in [1.29, 1.82) is 0 Å². The molecule has 2 aromatic rings. The molecule has 0 aromatic heterocycles. The Kier molecular flexibility index (Phi) is 4.47. The van der Waals surface area contributed by atoms with Crippen molar-refractivity contribution in [2.45, 2.75) is 13.3 Å². The van der Waals surface area contributed by atoms with Gasteiger partial charge >= 0.3 is 0 Å². The Morgan fingerprint density at radius 2 is 1.68 bits per heavy atom. The van der Waals surface area contributed by atoms with Crippen LogP contribution in [0.25, 0.3) is 0 Å². The van der Waals surface area contributed by atoms with Crippen LogP contribution in [-0.4, -0.2) is 5.11 Å². The minimum Gasteiger partial charge on any atom is -0.332 e. The molecule has 0 aliphatic heterocycles. The third kappa shape index (κ3) is 4.03. The molecule has 4 heteroatoms. The van der Waals surface area contributed by atoms with Crippen molar-refractivity contribution in [3.63, 3.8) is 0 Å². The van der Waals surface area contributed by atoms with E-state index in [1.807, 2.05) is 18.2 Å². The first kappa shape index (κ1) is 13.5. The maximum absolute atomic E-state index is 13.0. The summed E-state index contributed by atoms with van der Waals surface area (Å²) in [6.45, 7) is 2.10. The molecule has 0 atom stereocenters. The summed E-state index contributed by atoms with van der Waals surface area (Å²) in [6.07, 6.45) is 0.972. The van der Waals surface area contributed by atoms with Crippen LogP contribution in [0.5, 0.6) is 0 Å². The average Bonchev–Trinajstić information content (AvgIpc) is 2.38. The molecule has 2 nitrogen and oxygen atoms in total. The van der Waals surface area contributed by atoms with Gasteiger partial charge in [0.2, 0.25) is 0 Å². The maximum atomic E-state index is 13.0. The van der Waals surface area contributed by atoms with Crippen LogP contribution in [-0.2, 0) is 6.42 Å². The van der Waals surface area contributed by atoms with Crippen LogP contribution in [0.2, 0.25) is 0 Å². The fraction of sp³-hybridized carbons (Fsp3) is 0.133. The van der Waals surface area contributed by atoms with Crippen molar-refractivity contribution in [2.24, 2.45) is 0 Å². The molecular weight excluding hydrogens is 259 g/mol. The first-order valence-corrected chi connectivity index (χ1v) is 6.50. The van der Waals surface area contributed by atoms with Gasteiger partial charge in [0.15, 0.2) is 5.11 Å². The van der Waals surface area contributed by atoms with E-state index < -0.39 is 0 Å². The van der Waals surface area contributed by atoms with E-state index in [2.05, 4.69) is 23.6 Å². The van der Waals surface area contributed by atoms with E-state index >= 15 is 0 Å². The minimum absolute atomic E-state index is 0.291. The fourth-order valence-corrected chi connectivity index (χ4v) is 1.96. The van der Waals surface area contributed by atoms with E-state index in [1.54, 1.807) is 12.1 Å². The molecule has 2 aromatic carbocycles. The Labute approximate surface area is 117 Å². The SMILES string of the molecule is CCc1cccc(NC(=S)Nc2cccc(F)c2)c1. The first-order chi connectivity index (χ1) is 9.17. The number of thiocarbonyl (C=S) groups is 1. The summed E-state index contributed by atoms with van der Waals surface area (Å²) in [5.41, 5.74) is 2.79. The molecule has 19 heavy (non-hydrogen) atoms. The number of halogens is 1.